The number of thiocarbonyl (C=S) groups is 1. The van der Waals surface area contributed by atoms with Crippen LogP contribution in [0.4, 0.5) is 0 Å². The number of aromatic nitrogens is 1. The van der Waals surface area contributed by atoms with Crippen molar-refractivity contribution in [3.05, 3.63) is 29.6 Å². The Hall–Kier alpha value is -1.33. The lowest BCUT2D eigenvalue weighted by atomic mass is 10.1. The van der Waals surface area contributed by atoms with E-state index in [0.29, 0.717) is 0 Å². The van der Waals surface area contributed by atoms with Gasteiger partial charge in [-0.3, -0.25) is 4.98 Å². The zero-order valence-electron chi connectivity index (χ0n) is 10.2. The minimum absolute atomic E-state index is 0.823. The van der Waals surface area contributed by atoms with Crippen LogP contribution in [-0.2, 0) is 0 Å². The fourth-order valence-electron chi connectivity index (χ4n) is 1.70. The number of hydrogen-bond acceptors (Lipinski definition) is 3. The Kier molecular flexibility index (Phi) is 3.81. The number of pyridine rings is 1. The van der Waals surface area contributed by atoms with Crippen LogP contribution in [-0.4, -0.2) is 33.8 Å². The van der Waals surface area contributed by atoms with Gasteiger partial charge in [0.25, 0.3) is 5.11 Å². The molecule has 1 aliphatic heterocycles. The first-order valence-electron chi connectivity index (χ1n) is 5.77. The molecular formula is C12H17N4S+. The van der Waals surface area contributed by atoms with Crippen LogP contribution >= 0.6 is 12.2 Å². The van der Waals surface area contributed by atoms with E-state index >= 15 is 0 Å². The molecule has 1 aromatic heterocycles. The highest BCUT2D eigenvalue weighted by Crippen LogP contribution is 2.04. The van der Waals surface area contributed by atoms with E-state index in [-0.39, 0.29) is 0 Å². The van der Waals surface area contributed by atoms with Crippen LogP contribution in [0.5, 0.6) is 0 Å². The largest absolute Gasteiger partial charge is 0.316 e. The molecule has 0 bridgehead atoms. The molecule has 5 heteroatoms. The van der Waals surface area contributed by atoms with Gasteiger partial charge in [0.15, 0.2) is 0 Å². The molecule has 1 aromatic rings. The van der Waals surface area contributed by atoms with Crippen molar-refractivity contribution in [2.24, 2.45) is 5.10 Å². The molecule has 2 heterocycles. The second-order valence-corrected chi connectivity index (χ2v) is 4.61. The minimum atomic E-state index is 0.823. The van der Waals surface area contributed by atoms with Crippen molar-refractivity contribution in [2.45, 2.75) is 20.3 Å². The summed E-state index contributed by atoms with van der Waals surface area (Å²) in [6.45, 7) is 6.12. The van der Waals surface area contributed by atoms with Gasteiger partial charge in [-0.2, -0.15) is 5.43 Å². The van der Waals surface area contributed by atoms with E-state index in [1.54, 1.807) is 11.6 Å². The SMILES string of the molecule is C/C(=N\[NH2+]C(=S)N1CCC1)c1ncccc1C. The van der Waals surface area contributed by atoms with E-state index in [9.17, 15) is 0 Å². The van der Waals surface area contributed by atoms with E-state index in [1.807, 2.05) is 26.0 Å². The Bertz CT molecular complexity index is 452. The van der Waals surface area contributed by atoms with E-state index in [1.165, 1.54) is 6.42 Å². The first kappa shape index (κ1) is 12.1. The molecule has 0 aromatic carbocycles. The Morgan fingerprint density at radius 3 is 2.88 bits per heavy atom. The maximum absolute atomic E-state index is 5.27. The van der Waals surface area contributed by atoms with Gasteiger partial charge < -0.3 is 4.90 Å². The molecule has 0 saturated carbocycles. The topological polar surface area (TPSA) is 45.1 Å². The Labute approximate surface area is 107 Å². The van der Waals surface area contributed by atoms with Gasteiger partial charge >= 0.3 is 0 Å². The molecule has 0 aliphatic carbocycles. The minimum Gasteiger partial charge on any atom is -0.316 e. The summed E-state index contributed by atoms with van der Waals surface area (Å²) >= 11 is 5.27. The highest BCUT2D eigenvalue weighted by molar-refractivity contribution is 7.79. The molecule has 17 heavy (non-hydrogen) atoms. The van der Waals surface area contributed by atoms with Crippen molar-refractivity contribution in [2.75, 3.05) is 13.1 Å². The first-order chi connectivity index (χ1) is 8.18. The molecule has 0 spiro atoms. The molecular weight excluding hydrogens is 232 g/mol. The summed E-state index contributed by atoms with van der Waals surface area (Å²) in [5, 5.41) is 5.23. The van der Waals surface area contributed by atoms with Crippen molar-refractivity contribution >= 4 is 23.0 Å². The van der Waals surface area contributed by atoms with Crippen LogP contribution in [0.15, 0.2) is 23.4 Å². The molecule has 90 valence electrons. The number of hydrogen-bond donors (Lipinski definition) is 1. The average molecular weight is 249 g/mol. The number of likely N-dealkylation sites (tertiary alicyclic amines) is 1. The highest BCUT2D eigenvalue weighted by atomic mass is 32.1. The summed E-state index contributed by atoms with van der Waals surface area (Å²) in [7, 11) is 0. The Morgan fingerprint density at radius 2 is 2.29 bits per heavy atom. The maximum Gasteiger partial charge on any atom is 0.295 e. The van der Waals surface area contributed by atoms with Crippen LogP contribution in [0.25, 0.3) is 0 Å². The average Bonchev–Trinajstić information content (AvgIpc) is 2.24. The third-order valence-electron chi connectivity index (χ3n) is 2.89. The van der Waals surface area contributed by atoms with Crippen molar-refractivity contribution in [1.82, 2.24) is 9.88 Å². The smallest absolute Gasteiger partial charge is 0.295 e. The summed E-state index contributed by atoms with van der Waals surface area (Å²) in [5.41, 5.74) is 4.75. The molecule has 1 fully saturated rings. The van der Waals surface area contributed by atoms with Crippen LogP contribution in [0.2, 0.25) is 0 Å². The second kappa shape index (κ2) is 5.33. The normalized spacial score (nSPS) is 15.6. The molecule has 0 amide bonds. The van der Waals surface area contributed by atoms with Gasteiger partial charge in [0, 0.05) is 31.5 Å². The quantitative estimate of drug-likeness (QED) is 0.363. The van der Waals surface area contributed by atoms with Crippen LogP contribution in [0.3, 0.4) is 0 Å². The molecule has 0 atom stereocenters. The summed E-state index contributed by atoms with van der Waals surface area (Å²) in [6.07, 6.45) is 3.02. The predicted octanol–water partition coefficient (Wildman–Crippen LogP) is 0.668. The lowest BCUT2D eigenvalue weighted by molar-refractivity contribution is -0.552. The third-order valence-corrected chi connectivity index (χ3v) is 3.25. The van der Waals surface area contributed by atoms with Crippen molar-refractivity contribution < 1.29 is 5.43 Å². The third kappa shape index (κ3) is 2.87. The Morgan fingerprint density at radius 1 is 1.53 bits per heavy atom. The second-order valence-electron chi connectivity index (χ2n) is 4.19. The van der Waals surface area contributed by atoms with Gasteiger partial charge in [0.05, 0.1) is 5.69 Å². The molecule has 0 unspecified atom stereocenters. The van der Waals surface area contributed by atoms with Crippen LogP contribution < -0.4 is 5.43 Å². The van der Waals surface area contributed by atoms with Crippen molar-refractivity contribution in [1.29, 1.82) is 0 Å². The fourth-order valence-corrected chi connectivity index (χ4v) is 1.93. The zero-order chi connectivity index (χ0) is 12.3. The van der Waals surface area contributed by atoms with E-state index in [2.05, 4.69) is 15.0 Å². The lowest BCUT2D eigenvalue weighted by Gasteiger charge is -2.29. The van der Waals surface area contributed by atoms with Gasteiger partial charge in [-0.1, -0.05) is 11.2 Å². The summed E-state index contributed by atoms with van der Waals surface area (Å²) in [5.74, 6) is 0. The van der Waals surface area contributed by atoms with Gasteiger partial charge in [-0.05, 0) is 31.9 Å². The van der Waals surface area contributed by atoms with Gasteiger partial charge in [0.1, 0.15) is 5.71 Å². The molecule has 2 N–H and O–H groups in total. The fraction of sp³-hybridized carbons (Fsp3) is 0.417. The maximum atomic E-state index is 5.27. The zero-order valence-corrected chi connectivity index (χ0v) is 11.0. The number of rotatable bonds is 2. The summed E-state index contributed by atoms with van der Waals surface area (Å²) in [4.78, 5) is 6.48. The number of nitrogens with zero attached hydrogens (tertiary/aromatic N) is 3. The molecule has 0 radical (unpaired) electrons. The predicted molar refractivity (Wildman–Crippen MR) is 71.9 cm³/mol. The van der Waals surface area contributed by atoms with E-state index in [4.69, 9.17) is 12.2 Å². The lowest BCUT2D eigenvalue weighted by Crippen LogP contribution is -2.87. The standard InChI is InChI=1S/C12H16N4S/c1-9-5-3-6-13-11(9)10(2)14-15-12(17)16-7-4-8-16/h3,5-6H,4,7-8H2,1-2H3,(H,15,17)/p+1/b14-10+. The van der Waals surface area contributed by atoms with Crippen LogP contribution in [0, 0.1) is 6.92 Å². The van der Waals surface area contributed by atoms with Crippen molar-refractivity contribution in [3.8, 4) is 0 Å². The highest BCUT2D eigenvalue weighted by Gasteiger charge is 2.20. The van der Waals surface area contributed by atoms with Gasteiger partial charge in [0.2, 0.25) is 0 Å². The Balaban J connectivity index is 2.01. The monoisotopic (exact) mass is 249 g/mol. The molecule has 1 saturated heterocycles. The summed E-state index contributed by atoms with van der Waals surface area (Å²) < 4.78 is 0. The number of nitrogens with two attached hydrogens (primary N) is 1. The van der Waals surface area contributed by atoms with Crippen LogP contribution in [0.1, 0.15) is 24.6 Å². The van der Waals surface area contributed by atoms with Gasteiger partial charge in [-0.15, -0.1) is 0 Å². The number of aryl methyl sites for hydroxylation is 1. The van der Waals surface area contributed by atoms with Gasteiger partial charge in [-0.25, -0.2) is 0 Å². The molecule has 2 rings (SSSR count). The van der Waals surface area contributed by atoms with E-state index in [0.717, 1.165) is 35.2 Å². The molecule has 1 aliphatic rings. The molecule has 4 nitrogen and oxygen atoms in total. The van der Waals surface area contributed by atoms with Crippen molar-refractivity contribution in [3.63, 3.8) is 0 Å². The first-order valence-corrected chi connectivity index (χ1v) is 6.18. The number of quaternary nitrogens is 1. The van der Waals surface area contributed by atoms with E-state index < -0.39 is 0 Å². The summed E-state index contributed by atoms with van der Waals surface area (Å²) in [6, 6.07) is 3.97.